The first kappa shape index (κ1) is 18.4. The first-order chi connectivity index (χ1) is 11.4. The van der Waals surface area contributed by atoms with Gasteiger partial charge in [-0.2, -0.15) is 0 Å². The van der Waals surface area contributed by atoms with Crippen LogP contribution in [0.2, 0.25) is 5.02 Å². The zero-order valence-corrected chi connectivity index (χ0v) is 14.8. The fraction of sp³-hybridized carbons (Fsp3) is 0.235. The molecule has 0 spiro atoms. The molecule has 0 unspecified atom stereocenters. The van der Waals surface area contributed by atoms with Gasteiger partial charge in [-0.15, -0.1) is 0 Å². The number of hydrogen-bond donors (Lipinski definition) is 2. The SMILES string of the molecule is CNS(=O)(=O)CCNC(=O)c1ccccc1Cc1ccc(Cl)cc1. The van der Waals surface area contributed by atoms with Gasteiger partial charge in [0.05, 0.1) is 5.75 Å². The Morgan fingerprint density at radius 2 is 1.75 bits per heavy atom. The van der Waals surface area contributed by atoms with Crippen molar-refractivity contribution in [3.05, 3.63) is 70.2 Å². The third-order valence-corrected chi connectivity index (χ3v) is 5.15. The van der Waals surface area contributed by atoms with E-state index in [2.05, 4.69) is 10.0 Å². The number of amides is 1. The minimum atomic E-state index is -3.34. The Morgan fingerprint density at radius 3 is 2.42 bits per heavy atom. The third-order valence-electron chi connectivity index (χ3n) is 3.54. The van der Waals surface area contributed by atoms with Gasteiger partial charge in [0.2, 0.25) is 10.0 Å². The van der Waals surface area contributed by atoms with E-state index in [0.717, 1.165) is 11.1 Å². The highest BCUT2D eigenvalue weighted by atomic mass is 35.5. The predicted molar refractivity (Wildman–Crippen MR) is 95.9 cm³/mol. The number of rotatable bonds is 7. The molecule has 2 rings (SSSR count). The van der Waals surface area contributed by atoms with Gasteiger partial charge in [-0.3, -0.25) is 4.79 Å². The molecule has 0 bridgehead atoms. The van der Waals surface area contributed by atoms with Crippen molar-refractivity contribution in [1.29, 1.82) is 0 Å². The molecule has 0 heterocycles. The molecule has 0 saturated carbocycles. The summed E-state index contributed by atoms with van der Waals surface area (Å²) in [5, 5.41) is 3.31. The first-order valence-corrected chi connectivity index (χ1v) is 9.46. The maximum absolute atomic E-state index is 12.3. The zero-order chi connectivity index (χ0) is 17.6. The van der Waals surface area contributed by atoms with Crippen LogP contribution in [0.3, 0.4) is 0 Å². The number of carbonyl (C=O) groups is 1. The molecular weight excluding hydrogens is 348 g/mol. The van der Waals surface area contributed by atoms with E-state index in [1.165, 1.54) is 7.05 Å². The molecule has 5 nitrogen and oxygen atoms in total. The number of halogens is 1. The summed E-state index contributed by atoms with van der Waals surface area (Å²) in [5.41, 5.74) is 2.44. The van der Waals surface area contributed by atoms with E-state index >= 15 is 0 Å². The van der Waals surface area contributed by atoms with Gasteiger partial charge < -0.3 is 5.32 Å². The van der Waals surface area contributed by atoms with Gasteiger partial charge >= 0.3 is 0 Å². The summed E-state index contributed by atoms with van der Waals surface area (Å²) in [7, 11) is -1.99. The Bertz CT molecular complexity index is 805. The monoisotopic (exact) mass is 366 g/mol. The van der Waals surface area contributed by atoms with Crippen molar-refractivity contribution in [1.82, 2.24) is 10.0 Å². The summed E-state index contributed by atoms with van der Waals surface area (Å²) in [5.74, 6) is -0.444. The second-order valence-electron chi connectivity index (χ2n) is 5.24. The lowest BCUT2D eigenvalue weighted by molar-refractivity contribution is 0.0955. The van der Waals surface area contributed by atoms with E-state index in [1.807, 2.05) is 36.4 Å². The Morgan fingerprint density at radius 1 is 1.08 bits per heavy atom. The number of carbonyl (C=O) groups excluding carboxylic acids is 1. The molecule has 0 radical (unpaired) electrons. The molecule has 0 aliphatic carbocycles. The van der Waals surface area contributed by atoms with Crippen LogP contribution in [0, 0.1) is 0 Å². The molecule has 2 aromatic rings. The van der Waals surface area contributed by atoms with Crippen molar-refractivity contribution < 1.29 is 13.2 Å². The van der Waals surface area contributed by atoms with Gasteiger partial charge in [0.15, 0.2) is 0 Å². The average molecular weight is 367 g/mol. The van der Waals surface area contributed by atoms with E-state index in [1.54, 1.807) is 12.1 Å². The molecule has 7 heteroatoms. The Balaban J connectivity index is 2.07. The fourth-order valence-electron chi connectivity index (χ4n) is 2.21. The fourth-order valence-corrected chi connectivity index (χ4v) is 2.92. The van der Waals surface area contributed by atoms with Gasteiger partial charge in [-0.05, 0) is 42.8 Å². The van der Waals surface area contributed by atoms with E-state index in [4.69, 9.17) is 11.6 Å². The normalized spacial score (nSPS) is 11.2. The molecule has 0 aliphatic heterocycles. The Labute approximate surface area is 147 Å². The molecule has 0 aromatic heterocycles. The summed E-state index contributed by atoms with van der Waals surface area (Å²) >= 11 is 5.88. The predicted octanol–water partition coefficient (Wildman–Crippen LogP) is 2.21. The average Bonchev–Trinajstić information content (AvgIpc) is 2.57. The molecule has 2 N–H and O–H groups in total. The van der Waals surface area contributed by atoms with Crippen LogP contribution in [-0.4, -0.2) is 33.7 Å². The highest BCUT2D eigenvalue weighted by Gasteiger charge is 2.13. The Hall–Kier alpha value is -1.89. The standard InChI is InChI=1S/C17H19ClN2O3S/c1-19-24(22,23)11-10-20-17(21)16-5-3-2-4-14(16)12-13-6-8-15(18)9-7-13/h2-9,19H,10-12H2,1H3,(H,20,21). The third kappa shape index (κ3) is 5.33. The lowest BCUT2D eigenvalue weighted by Crippen LogP contribution is -2.33. The zero-order valence-electron chi connectivity index (χ0n) is 13.3. The van der Waals surface area contributed by atoms with E-state index in [0.29, 0.717) is 17.0 Å². The maximum atomic E-state index is 12.3. The summed E-state index contributed by atoms with van der Waals surface area (Å²) in [6.07, 6.45) is 0.593. The van der Waals surface area contributed by atoms with Crippen LogP contribution >= 0.6 is 11.6 Å². The molecular formula is C17H19ClN2O3S. The molecule has 0 aliphatic rings. The van der Waals surface area contributed by atoms with Crippen LogP contribution in [0.25, 0.3) is 0 Å². The van der Waals surface area contributed by atoms with Gasteiger partial charge in [-0.25, -0.2) is 13.1 Å². The van der Waals surface area contributed by atoms with Crippen molar-refractivity contribution in [2.75, 3.05) is 19.3 Å². The maximum Gasteiger partial charge on any atom is 0.251 e. The van der Waals surface area contributed by atoms with Crippen molar-refractivity contribution in [3.8, 4) is 0 Å². The molecule has 2 aromatic carbocycles. The quantitative estimate of drug-likeness (QED) is 0.788. The summed E-state index contributed by atoms with van der Waals surface area (Å²) in [4.78, 5) is 12.3. The van der Waals surface area contributed by atoms with Crippen molar-refractivity contribution in [3.63, 3.8) is 0 Å². The van der Waals surface area contributed by atoms with Crippen molar-refractivity contribution in [2.24, 2.45) is 0 Å². The van der Waals surface area contributed by atoms with Crippen LogP contribution in [0.5, 0.6) is 0 Å². The van der Waals surface area contributed by atoms with E-state index < -0.39 is 10.0 Å². The summed E-state index contributed by atoms with van der Waals surface area (Å²) < 4.78 is 25.0. The van der Waals surface area contributed by atoms with Crippen LogP contribution in [0.4, 0.5) is 0 Å². The minimum absolute atomic E-state index is 0.0529. The highest BCUT2D eigenvalue weighted by molar-refractivity contribution is 7.89. The number of sulfonamides is 1. The highest BCUT2D eigenvalue weighted by Crippen LogP contribution is 2.16. The largest absolute Gasteiger partial charge is 0.351 e. The van der Waals surface area contributed by atoms with Crippen LogP contribution < -0.4 is 10.0 Å². The lowest BCUT2D eigenvalue weighted by Gasteiger charge is -2.10. The van der Waals surface area contributed by atoms with Gasteiger partial charge in [-0.1, -0.05) is 41.9 Å². The molecule has 24 heavy (non-hydrogen) atoms. The molecule has 0 atom stereocenters. The van der Waals surface area contributed by atoms with Crippen molar-refractivity contribution >= 4 is 27.5 Å². The molecule has 1 amide bonds. The molecule has 128 valence electrons. The smallest absolute Gasteiger partial charge is 0.251 e. The topological polar surface area (TPSA) is 75.3 Å². The van der Waals surface area contributed by atoms with Crippen LogP contribution in [-0.2, 0) is 16.4 Å². The summed E-state index contributed by atoms with van der Waals surface area (Å²) in [6.45, 7) is 0.0529. The number of nitrogens with one attached hydrogen (secondary N) is 2. The first-order valence-electron chi connectivity index (χ1n) is 7.43. The lowest BCUT2D eigenvalue weighted by atomic mass is 9.99. The van der Waals surface area contributed by atoms with E-state index in [-0.39, 0.29) is 18.2 Å². The Kier molecular flexibility index (Phi) is 6.36. The van der Waals surface area contributed by atoms with Crippen molar-refractivity contribution in [2.45, 2.75) is 6.42 Å². The number of benzene rings is 2. The second kappa shape index (κ2) is 8.28. The van der Waals surface area contributed by atoms with E-state index in [9.17, 15) is 13.2 Å². The minimum Gasteiger partial charge on any atom is -0.351 e. The molecule has 0 saturated heterocycles. The van der Waals surface area contributed by atoms with Crippen LogP contribution in [0.15, 0.2) is 48.5 Å². The van der Waals surface area contributed by atoms with Gasteiger partial charge in [0.25, 0.3) is 5.91 Å². The molecule has 0 fully saturated rings. The number of hydrogen-bond acceptors (Lipinski definition) is 3. The van der Waals surface area contributed by atoms with Gasteiger partial charge in [0, 0.05) is 17.1 Å². The second-order valence-corrected chi connectivity index (χ2v) is 7.72. The van der Waals surface area contributed by atoms with Crippen LogP contribution in [0.1, 0.15) is 21.5 Å². The summed E-state index contributed by atoms with van der Waals surface area (Å²) in [6, 6.07) is 14.7. The van der Waals surface area contributed by atoms with Gasteiger partial charge in [0.1, 0.15) is 0 Å².